The number of hydrogen-bond donors (Lipinski definition) is 1. The normalized spacial score (nSPS) is 11.7. The summed E-state index contributed by atoms with van der Waals surface area (Å²) >= 11 is 0. The van der Waals surface area contributed by atoms with Crippen molar-refractivity contribution in [2.24, 2.45) is 0 Å². The maximum Gasteiger partial charge on any atom is 0.416 e. The Morgan fingerprint density at radius 2 is 1.67 bits per heavy atom. The number of aliphatic carboxylic acids is 1. The molecule has 0 saturated carbocycles. The Hall–Kier alpha value is -4.68. The van der Waals surface area contributed by atoms with Gasteiger partial charge in [-0.05, 0) is 62.7 Å². The van der Waals surface area contributed by atoms with Crippen LogP contribution >= 0.6 is 0 Å². The maximum atomic E-state index is 13.7. The molecule has 3 heterocycles. The van der Waals surface area contributed by atoms with Gasteiger partial charge in [-0.15, -0.1) is 0 Å². The van der Waals surface area contributed by atoms with E-state index in [0.29, 0.717) is 5.69 Å². The van der Waals surface area contributed by atoms with E-state index in [1.54, 1.807) is 39.1 Å². The summed E-state index contributed by atoms with van der Waals surface area (Å²) in [6.45, 7) is 4.15. The highest BCUT2D eigenvalue weighted by Gasteiger charge is 2.28. The molecule has 4 aromatic rings. The van der Waals surface area contributed by atoms with E-state index in [1.807, 2.05) is 42.5 Å². The first kappa shape index (κ1) is 30.3. The maximum absolute atomic E-state index is 13.7. The number of anilines is 1. The summed E-state index contributed by atoms with van der Waals surface area (Å²) in [4.78, 5) is 38.0. The monoisotopic (exact) mass is 589 g/mol. The molecule has 0 bridgehead atoms. The third kappa shape index (κ3) is 7.95. The third-order valence-corrected chi connectivity index (χ3v) is 7.64. The van der Waals surface area contributed by atoms with Crippen molar-refractivity contribution in [1.82, 2.24) is 19.3 Å². The van der Waals surface area contributed by atoms with Crippen molar-refractivity contribution >= 4 is 27.9 Å². The minimum Gasteiger partial charge on any atom is -0.480 e. The molecule has 0 aliphatic heterocycles. The van der Waals surface area contributed by atoms with Crippen LogP contribution in [0.5, 0.6) is 0 Å². The third-order valence-electron chi connectivity index (χ3n) is 5.86. The molecule has 0 aliphatic carbocycles. The van der Waals surface area contributed by atoms with Crippen LogP contribution in [-0.4, -0.2) is 57.0 Å². The SMILES string of the molecule is CC(C)(C)OC(=O)N(CC(=O)O)c1cccc(CN(Cc2ccc(-c3ccccn3)cc2)S(=O)(=O)c2cccnc2)n1. The summed E-state index contributed by atoms with van der Waals surface area (Å²) in [7, 11) is -4.03. The number of ether oxygens (including phenoxy) is 1. The Morgan fingerprint density at radius 1 is 0.905 bits per heavy atom. The molecule has 1 amide bonds. The minimum absolute atomic E-state index is 0.00696. The van der Waals surface area contributed by atoms with Crippen LogP contribution in [0.3, 0.4) is 0 Å². The largest absolute Gasteiger partial charge is 0.480 e. The number of carboxylic acid groups (broad SMARTS) is 1. The Balaban J connectivity index is 1.66. The van der Waals surface area contributed by atoms with Crippen molar-refractivity contribution in [3.8, 4) is 11.3 Å². The molecular formula is C30H31N5O6S. The van der Waals surface area contributed by atoms with Crippen LogP contribution in [-0.2, 0) is 32.6 Å². The Bertz CT molecular complexity index is 1630. The average Bonchev–Trinajstić information content (AvgIpc) is 2.96. The second-order valence-corrected chi connectivity index (χ2v) is 12.3. The first-order valence-electron chi connectivity index (χ1n) is 13.0. The summed E-state index contributed by atoms with van der Waals surface area (Å²) < 4.78 is 34.1. The number of nitrogens with zero attached hydrogens (tertiary/aromatic N) is 5. The lowest BCUT2D eigenvalue weighted by molar-refractivity contribution is -0.135. The van der Waals surface area contributed by atoms with Gasteiger partial charge in [0.05, 0.1) is 17.9 Å². The molecule has 218 valence electrons. The summed E-state index contributed by atoms with van der Waals surface area (Å²) in [6.07, 6.45) is 3.57. The number of carboxylic acids is 1. The molecule has 42 heavy (non-hydrogen) atoms. The fourth-order valence-corrected chi connectivity index (χ4v) is 5.33. The summed E-state index contributed by atoms with van der Waals surface area (Å²) in [5.74, 6) is -1.24. The number of hydrogen-bond acceptors (Lipinski definition) is 8. The molecular weight excluding hydrogens is 558 g/mol. The van der Waals surface area contributed by atoms with Crippen LogP contribution in [0.25, 0.3) is 11.3 Å². The summed E-state index contributed by atoms with van der Waals surface area (Å²) in [5.41, 5.74) is 1.83. The predicted octanol–water partition coefficient (Wildman–Crippen LogP) is 4.76. The second-order valence-electron chi connectivity index (χ2n) is 10.3. The zero-order chi connectivity index (χ0) is 30.3. The van der Waals surface area contributed by atoms with E-state index in [0.717, 1.165) is 21.7 Å². The van der Waals surface area contributed by atoms with Crippen LogP contribution in [0, 0.1) is 0 Å². The van der Waals surface area contributed by atoms with Gasteiger partial charge in [-0.1, -0.05) is 36.4 Å². The molecule has 0 saturated heterocycles. The molecule has 3 aromatic heterocycles. The molecule has 0 atom stereocenters. The van der Waals surface area contributed by atoms with Gasteiger partial charge in [0.25, 0.3) is 0 Å². The van der Waals surface area contributed by atoms with Gasteiger partial charge in [-0.25, -0.2) is 18.2 Å². The Labute approximate surface area is 244 Å². The van der Waals surface area contributed by atoms with E-state index in [9.17, 15) is 23.1 Å². The fourth-order valence-electron chi connectivity index (χ4n) is 3.97. The van der Waals surface area contributed by atoms with Crippen molar-refractivity contribution in [2.75, 3.05) is 11.4 Å². The number of aromatic nitrogens is 3. The number of sulfonamides is 1. The van der Waals surface area contributed by atoms with Crippen LogP contribution in [0.1, 0.15) is 32.0 Å². The van der Waals surface area contributed by atoms with Crippen molar-refractivity contribution in [3.05, 3.63) is 103 Å². The molecule has 4 rings (SSSR count). The van der Waals surface area contributed by atoms with Crippen molar-refractivity contribution < 1.29 is 27.9 Å². The van der Waals surface area contributed by atoms with Gasteiger partial charge in [-0.2, -0.15) is 4.31 Å². The number of pyridine rings is 3. The van der Waals surface area contributed by atoms with E-state index < -0.39 is 34.2 Å². The second kappa shape index (κ2) is 12.9. The highest BCUT2D eigenvalue weighted by Crippen LogP contribution is 2.24. The number of benzene rings is 1. The van der Waals surface area contributed by atoms with E-state index >= 15 is 0 Å². The Morgan fingerprint density at radius 3 is 2.29 bits per heavy atom. The summed E-state index contributed by atoms with van der Waals surface area (Å²) in [6, 6.07) is 20.7. The molecule has 0 fully saturated rings. The first-order chi connectivity index (χ1) is 19.9. The van der Waals surface area contributed by atoms with Gasteiger partial charge in [-0.3, -0.25) is 19.7 Å². The molecule has 0 spiro atoms. The van der Waals surface area contributed by atoms with Crippen LogP contribution in [0.4, 0.5) is 10.6 Å². The molecule has 0 aliphatic rings. The van der Waals surface area contributed by atoms with E-state index in [2.05, 4.69) is 15.0 Å². The van der Waals surface area contributed by atoms with Crippen molar-refractivity contribution in [3.63, 3.8) is 0 Å². The van der Waals surface area contributed by atoms with E-state index in [4.69, 9.17) is 4.74 Å². The summed E-state index contributed by atoms with van der Waals surface area (Å²) in [5, 5.41) is 9.42. The van der Waals surface area contributed by atoms with Gasteiger partial charge in [0.1, 0.15) is 22.9 Å². The quantitative estimate of drug-likeness (QED) is 0.277. The molecule has 0 unspecified atom stereocenters. The number of carbonyl (C=O) groups excluding carboxylic acids is 1. The zero-order valence-corrected chi connectivity index (χ0v) is 24.2. The molecule has 1 aromatic carbocycles. The highest BCUT2D eigenvalue weighted by molar-refractivity contribution is 7.89. The lowest BCUT2D eigenvalue weighted by Crippen LogP contribution is -2.40. The molecule has 0 radical (unpaired) electrons. The van der Waals surface area contributed by atoms with E-state index in [1.165, 1.54) is 34.9 Å². The minimum atomic E-state index is -4.03. The van der Waals surface area contributed by atoms with Gasteiger partial charge in [0, 0.05) is 30.7 Å². The van der Waals surface area contributed by atoms with Crippen LogP contribution < -0.4 is 4.90 Å². The zero-order valence-electron chi connectivity index (χ0n) is 23.4. The number of carbonyl (C=O) groups is 2. The lowest BCUT2D eigenvalue weighted by atomic mass is 10.1. The van der Waals surface area contributed by atoms with Gasteiger partial charge >= 0.3 is 12.1 Å². The molecule has 11 nitrogen and oxygen atoms in total. The molecule has 1 N–H and O–H groups in total. The highest BCUT2D eigenvalue weighted by atomic mass is 32.2. The predicted molar refractivity (Wildman–Crippen MR) is 156 cm³/mol. The van der Waals surface area contributed by atoms with Gasteiger partial charge in [0.15, 0.2) is 0 Å². The van der Waals surface area contributed by atoms with Crippen molar-refractivity contribution in [2.45, 2.75) is 44.4 Å². The average molecular weight is 590 g/mol. The fraction of sp³-hybridized carbons (Fsp3) is 0.233. The lowest BCUT2D eigenvalue weighted by Gasteiger charge is -2.26. The topological polar surface area (TPSA) is 143 Å². The van der Waals surface area contributed by atoms with E-state index in [-0.39, 0.29) is 23.8 Å². The van der Waals surface area contributed by atoms with Crippen LogP contribution in [0.15, 0.2) is 96.3 Å². The van der Waals surface area contributed by atoms with Crippen molar-refractivity contribution in [1.29, 1.82) is 0 Å². The Kier molecular flexibility index (Phi) is 9.28. The number of rotatable bonds is 10. The first-order valence-corrected chi connectivity index (χ1v) is 14.5. The van der Waals surface area contributed by atoms with Gasteiger partial charge < -0.3 is 9.84 Å². The smallest absolute Gasteiger partial charge is 0.416 e. The number of amides is 1. The molecule has 12 heteroatoms. The van der Waals surface area contributed by atoms with Crippen LogP contribution in [0.2, 0.25) is 0 Å². The standard InChI is InChI=1S/C30H31N5O6S/c1-30(2,3)41-29(38)35(21-28(36)37)27-11-6-8-24(33-27)20-34(42(39,40)25-9-7-16-31-18-25)19-22-12-14-23(15-13-22)26-10-4-5-17-32-26/h4-18H,19-21H2,1-3H3,(H,36,37). The van der Waals surface area contributed by atoms with Gasteiger partial charge in [0.2, 0.25) is 10.0 Å².